The topological polar surface area (TPSA) is 75.9 Å². The highest BCUT2D eigenvalue weighted by molar-refractivity contribution is 7.89. The number of anilines is 1. The molecule has 134 valence electrons. The molecule has 0 bridgehead atoms. The Morgan fingerprint density at radius 2 is 1.72 bits per heavy atom. The van der Waals surface area contributed by atoms with Crippen LogP contribution in [0.5, 0.6) is 5.75 Å². The first-order chi connectivity index (χ1) is 11.9. The molecule has 2 N–H and O–H groups in total. The summed E-state index contributed by atoms with van der Waals surface area (Å²) in [6, 6.07) is 12.5. The van der Waals surface area contributed by atoms with Gasteiger partial charge in [-0.1, -0.05) is 24.3 Å². The highest BCUT2D eigenvalue weighted by Gasteiger charge is 2.20. The van der Waals surface area contributed by atoms with Crippen molar-refractivity contribution in [1.29, 1.82) is 0 Å². The van der Waals surface area contributed by atoms with Crippen LogP contribution in [0.15, 0.2) is 47.4 Å². The maximum atomic E-state index is 11.9. The molecule has 0 atom stereocenters. The Morgan fingerprint density at radius 1 is 1.04 bits per heavy atom. The number of nitrogens with zero attached hydrogens (tertiary/aromatic N) is 2. The van der Waals surface area contributed by atoms with Crippen LogP contribution in [-0.2, 0) is 10.0 Å². The summed E-state index contributed by atoms with van der Waals surface area (Å²) in [5.74, 6) is 0.779. The number of ether oxygens (including phenoxy) is 1. The van der Waals surface area contributed by atoms with E-state index in [4.69, 9.17) is 9.88 Å². The van der Waals surface area contributed by atoms with Crippen LogP contribution in [0.3, 0.4) is 0 Å². The van der Waals surface area contributed by atoms with Crippen molar-refractivity contribution in [2.75, 3.05) is 45.2 Å². The van der Waals surface area contributed by atoms with Crippen LogP contribution in [0.25, 0.3) is 11.1 Å². The van der Waals surface area contributed by atoms with E-state index in [1.807, 2.05) is 24.3 Å². The van der Waals surface area contributed by atoms with E-state index in [1.54, 1.807) is 19.2 Å². The normalized spacial score (nSPS) is 16.0. The SMILES string of the molecule is COc1ccc(-c2ccccc2S(N)(=O)=O)cc1N1CCN(C)CC1. The van der Waals surface area contributed by atoms with Crippen LogP contribution in [0.1, 0.15) is 0 Å². The number of primary sulfonamides is 1. The third-order valence-electron chi connectivity index (χ3n) is 4.53. The minimum absolute atomic E-state index is 0.129. The molecule has 0 amide bonds. The number of sulfonamides is 1. The maximum absolute atomic E-state index is 11.9. The molecule has 0 saturated carbocycles. The lowest BCUT2D eigenvalue weighted by atomic mass is 10.0. The highest BCUT2D eigenvalue weighted by Crippen LogP contribution is 2.35. The smallest absolute Gasteiger partial charge is 0.238 e. The van der Waals surface area contributed by atoms with Gasteiger partial charge in [0.1, 0.15) is 5.75 Å². The summed E-state index contributed by atoms with van der Waals surface area (Å²) in [6.07, 6.45) is 0. The van der Waals surface area contributed by atoms with E-state index in [1.165, 1.54) is 6.07 Å². The van der Waals surface area contributed by atoms with Crippen LogP contribution in [-0.4, -0.2) is 53.7 Å². The molecule has 0 unspecified atom stereocenters. The first-order valence-electron chi connectivity index (χ1n) is 8.14. The van der Waals surface area contributed by atoms with Gasteiger partial charge in [0.2, 0.25) is 10.0 Å². The van der Waals surface area contributed by atoms with E-state index in [0.717, 1.165) is 43.2 Å². The van der Waals surface area contributed by atoms with Crippen molar-refractivity contribution < 1.29 is 13.2 Å². The number of hydrogen-bond acceptors (Lipinski definition) is 5. The Bertz CT molecular complexity index is 860. The molecule has 1 heterocycles. The molecule has 0 spiro atoms. The Balaban J connectivity index is 2.07. The van der Waals surface area contributed by atoms with E-state index in [2.05, 4.69) is 16.8 Å². The van der Waals surface area contributed by atoms with E-state index >= 15 is 0 Å². The van der Waals surface area contributed by atoms with Crippen molar-refractivity contribution in [3.8, 4) is 16.9 Å². The monoisotopic (exact) mass is 361 g/mol. The second-order valence-corrected chi connectivity index (χ2v) is 7.75. The molecule has 0 radical (unpaired) electrons. The summed E-state index contributed by atoms with van der Waals surface area (Å²) in [5.41, 5.74) is 2.37. The van der Waals surface area contributed by atoms with Crippen molar-refractivity contribution in [2.24, 2.45) is 5.14 Å². The minimum Gasteiger partial charge on any atom is -0.495 e. The lowest BCUT2D eigenvalue weighted by Gasteiger charge is -2.35. The number of likely N-dealkylation sites (N-methyl/N-ethyl adjacent to an activating group) is 1. The van der Waals surface area contributed by atoms with Crippen molar-refractivity contribution in [3.05, 3.63) is 42.5 Å². The Kier molecular flexibility index (Phi) is 4.99. The molecular formula is C18H23N3O3S. The quantitative estimate of drug-likeness (QED) is 0.898. The molecule has 0 aliphatic carbocycles. The second kappa shape index (κ2) is 7.03. The molecule has 25 heavy (non-hydrogen) atoms. The van der Waals surface area contributed by atoms with Crippen LogP contribution >= 0.6 is 0 Å². The van der Waals surface area contributed by atoms with Gasteiger partial charge in [0.15, 0.2) is 0 Å². The third kappa shape index (κ3) is 3.78. The zero-order chi connectivity index (χ0) is 18.0. The van der Waals surface area contributed by atoms with Crippen molar-refractivity contribution in [2.45, 2.75) is 4.90 Å². The molecule has 1 aliphatic heterocycles. The molecule has 1 aliphatic rings. The lowest BCUT2D eigenvalue weighted by Crippen LogP contribution is -2.44. The van der Waals surface area contributed by atoms with Crippen LogP contribution < -0.4 is 14.8 Å². The predicted molar refractivity (Wildman–Crippen MR) is 99.5 cm³/mol. The fourth-order valence-electron chi connectivity index (χ4n) is 3.11. The van der Waals surface area contributed by atoms with Crippen molar-refractivity contribution in [1.82, 2.24) is 4.90 Å². The number of nitrogens with two attached hydrogens (primary N) is 1. The zero-order valence-electron chi connectivity index (χ0n) is 14.5. The number of rotatable bonds is 4. The van der Waals surface area contributed by atoms with E-state index < -0.39 is 10.0 Å². The Hall–Kier alpha value is -2.09. The second-order valence-electron chi connectivity index (χ2n) is 6.22. The predicted octanol–water partition coefficient (Wildman–Crippen LogP) is 1.76. The van der Waals surface area contributed by atoms with Gasteiger partial charge in [0, 0.05) is 31.7 Å². The molecular weight excluding hydrogens is 338 g/mol. The highest BCUT2D eigenvalue weighted by atomic mass is 32.2. The summed E-state index contributed by atoms with van der Waals surface area (Å²) in [7, 11) is -0.0436. The van der Waals surface area contributed by atoms with Gasteiger partial charge in [-0.25, -0.2) is 13.6 Å². The molecule has 2 aromatic rings. The van der Waals surface area contributed by atoms with Gasteiger partial charge in [-0.05, 0) is 30.8 Å². The summed E-state index contributed by atoms with van der Waals surface area (Å²) < 4.78 is 29.3. The average molecular weight is 361 g/mol. The van der Waals surface area contributed by atoms with Gasteiger partial charge < -0.3 is 14.5 Å². The fourth-order valence-corrected chi connectivity index (χ4v) is 3.87. The van der Waals surface area contributed by atoms with E-state index in [0.29, 0.717) is 5.56 Å². The number of piperazine rings is 1. The molecule has 1 fully saturated rings. The van der Waals surface area contributed by atoms with Gasteiger partial charge in [-0.15, -0.1) is 0 Å². The lowest BCUT2D eigenvalue weighted by molar-refractivity contribution is 0.311. The standard InChI is InChI=1S/C18H23N3O3S/c1-20-9-11-21(12-10-20)16-13-14(7-8-17(16)24-2)15-5-3-4-6-18(15)25(19,22)23/h3-8,13H,9-12H2,1-2H3,(H2,19,22,23). The number of methoxy groups -OCH3 is 1. The zero-order valence-corrected chi connectivity index (χ0v) is 15.3. The van der Waals surface area contributed by atoms with Crippen LogP contribution in [0.2, 0.25) is 0 Å². The first kappa shape index (κ1) is 17.7. The maximum Gasteiger partial charge on any atom is 0.238 e. The molecule has 7 heteroatoms. The largest absolute Gasteiger partial charge is 0.495 e. The van der Waals surface area contributed by atoms with E-state index in [-0.39, 0.29) is 4.90 Å². The summed E-state index contributed by atoms with van der Waals surface area (Å²) in [5, 5.41) is 5.38. The molecule has 1 saturated heterocycles. The third-order valence-corrected chi connectivity index (χ3v) is 5.50. The van der Waals surface area contributed by atoms with Crippen LogP contribution in [0, 0.1) is 0 Å². The molecule has 6 nitrogen and oxygen atoms in total. The molecule has 3 rings (SSSR count). The van der Waals surface area contributed by atoms with Gasteiger partial charge in [0.25, 0.3) is 0 Å². The fraction of sp³-hybridized carbons (Fsp3) is 0.333. The summed E-state index contributed by atoms with van der Waals surface area (Å²) >= 11 is 0. The van der Waals surface area contributed by atoms with Crippen molar-refractivity contribution >= 4 is 15.7 Å². The van der Waals surface area contributed by atoms with E-state index in [9.17, 15) is 8.42 Å². The van der Waals surface area contributed by atoms with Crippen LogP contribution in [0.4, 0.5) is 5.69 Å². The molecule has 0 aromatic heterocycles. The number of benzene rings is 2. The molecule has 2 aromatic carbocycles. The van der Waals surface area contributed by atoms with Gasteiger partial charge in [-0.3, -0.25) is 0 Å². The summed E-state index contributed by atoms with van der Waals surface area (Å²) in [6.45, 7) is 3.74. The average Bonchev–Trinajstić information content (AvgIpc) is 2.61. The Labute approximate surface area is 148 Å². The number of hydrogen-bond donors (Lipinski definition) is 1. The van der Waals surface area contributed by atoms with Crippen molar-refractivity contribution in [3.63, 3.8) is 0 Å². The van der Waals surface area contributed by atoms with Gasteiger partial charge in [0.05, 0.1) is 17.7 Å². The summed E-state index contributed by atoms with van der Waals surface area (Å²) in [4.78, 5) is 4.68. The van der Waals surface area contributed by atoms with Gasteiger partial charge in [-0.2, -0.15) is 0 Å². The Morgan fingerprint density at radius 3 is 2.36 bits per heavy atom. The minimum atomic E-state index is -3.79. The first-order valence-corrected chi connectivity index (χ1v) is 9.68. The van der Waals surface area contributed by atoms with Gasteiger partial charge >= 0.3 is 0 Å².